The van der Waals surface area contributed by atoms with Crippen molar-refractivity contribution in [2.24, 2.45) is 5.10 Å². The first-order valence-corrected chi connectivity index (χ1v) is 8.56. The summed E-state index contributed by atoms with van der Waals surface area (Å²) in [6.45, 7) is 0. The molecule has 0 saturated heterocycles. The van der Waals surface area contributed by atoms with Gasteiger partial charge in [0.05, 0.1) is 5.71 Å². The van der Waals surface area contributed by atoms with Gasteiger partial charge in [0.1, 0.15) is 5.75 Å². The molecule has 0 aromatic heterocycles. The van der Waals surface area contributed by atoms with Crippen LogP contribution >= 0.6 is 11.6 Å². The molecule has 1 N–H and O–H groups in total. The lowest BCUT2D eigenvalue weighted by Gasteiger charge is -2.11. The van der Waals surface area contributed by atoms with Crippen molar-refractivity contribution in [1.82, 2.24) is 5.43 Å². The van der Waals surface area contributed by atoms with E-state index in [1.54, 1.807) is 24.3 Å². The van der Waals surface area contributed by atoms with E-state index in [2.05, 4.69) is 14.7 Å². The van der Waals surface area contributed by atoms with Gasteiger partial charge in [-0.3, -0.25) is 4.79 Å². The van der Waals surface area contributed by atoms with E-state index < -0.39 is 21.4 Å². The quantitative estimate of drug-likeness (QED) is 0.263. The first-order chi connectivity index (χ1) is 12.1. The average molecular weight is 407 g/mol. The highest BCUT2D eigenvalue weighted by Crippen LogP contribution is 2.27. The van der Waals surface area contributed by atoms with Gasteiger partial charge in [-0.15, -0.1) is 0 Å². The molecule has 0 atom stereocenters. The molecule has 11 heteroatoms. The number of amides is 1. The molecule has 0 heterocycles. The summed E-state index contributed by atoms with van der Waals surface area (Å²) in [6, 6.07) is 11.1. The van der Waals surface area contributed by atoms with E-state index in [0.29, 0.717) is 22.6 Å². The Morgan fingerprint density at radius 1 is 1.04 bits per heavy atom. The maximum atomic E-state index is 12.3. The zero-order valence-electron chi connectivity index (χ0n) is 12.7. The van der Waals surface area contributed by atoms with Gasteiger partial charge in [0.15, 0.2) is 0 Å². The van der Waals surface area contributed by atoms with Gasteiger partial charge in [-0.2, -0.15) is 26.7 Å². The van der Waals surface area contributed by atoms with Gasteiger partial charge in [0.2, 0.25) is 6.41 Å². The highest BCUT2D eigenvalue weighted by atomic mass is 35.5. The van der Waals surface area contributed by atoms with E-state index in [4.69, 9.17) is 11.6 Å². The van der Waals surface area contributed by atoms with Crippen molar-refractivity contribution in [3.8, 4) is 5.75 Å². The van der Waals surface area contributed by atoms with Gasteiger partial charge in [-0.25, -0.2) is 5.43 Å². The summed E-state index contributed by atoms with van der Waals surface area (Å²) >= 11 is 5.81. The Kier molecular flexibility index (Phi) is 5.88. The molecule has 0 radical (unpaired) electrons. The number of hydrogen-bond acceptors (Lipinski definition) is 5. The predicted octanol–water partition coefficient (Wildman–Crippen LogP) is 3.07. The number of benzene rings is 2. The third kappa shape index (κ3) is 4.73. The van der Waals surface area contributed by atoms with Crippen LogP contribution in [0.5, 0.6) is 5.75 Å². The average Bonchev–Trinajstić information content (AvgIpc) is 2.57. The molecule has 6 nitrogen and oxygen atoms in total. The van der Waals surface area contributed by atoms with E-state index in [1.807, 2.05) is 0 Å². The van der Waals surface area contributed by atoms with Crippen LogP contribution in [0.3, 0.4) is 0 Å². The number of nitrogens with one attached hydrogen (secondary N) is 1. The molecule has 0 bridgehead atoms. The fraction of sp³-hybridized carbons (Fsp3) is 0.0667. The number of carbonyl (C=O) groups excluding carboxylic acids is 1. The Bertz CT molecular complexity index is 911. The Morgan fingerprint density at radius 3 is 2.00 bits per heavy atom. The van der Waals surface area contributed by atoms with Crippen LogP contribution in [0.2, 0.25) is 5.02 Å². The zero-order chi connectivity index (χ0) is 19.4. The largest absolute Gasteiger partial charge is 0.534 e. The maximum absolute atomic E-state index is 12.3. The van der Waals surface area contributed by atoms with Crippen LogP contribution in [-0.4, -0.2) is 26.0 Å². The van der Waals surface area contributed by atoms with E-state index >= 15 is 0 Å². The Hall–Kier alpha value is -2.59. The van der Waals surface area contributed by atoms with Crippen LogP contribution in [-0.2, 0) is 14.9 Å². The topological polar surface area (TPSA) is 84.8 Å². The van der Waals surface area contributed by atoms with Crippen molar-refractivity contribution in [3.05, 3.63) is 64.7 Å². The smallest absolute Gasteiger partial charge is 0.376 e. The minimum absolute atomic E-state index is 0.277. The molecular formula is C15H10ClF3N2O4S. The predicted molar refractivity (Wildman–Crippen MR) is 88.3 cm³/mol. The summed E-state index contributed by atoms with van der Waals surface area (Å²) in [5, 5.41) is 4.34. The van der Waals surface area contributed by atoms with Crippen molar-refractivity contribution >= 4 is 33.8 Å². The minimum Gasteiger partial charge on any atom is -0.376 e. The molecule has 2 aromatic carbocycles. The number of halogens is 4. The Balaban J connectivity index is 2.34. The molecule has 0 spiro atoms. The van der Waals surface area contributed by atoms with Crippen molar-refractivity contribution in [1.29, 1.82) is 0 Å². The number of alkyl halides is 3. The van der Waals surface area contributed by atoms with Gasteiger partial charge in [0.25, 0.3) is 0 Å². The molecule has 0 saturated carbocycles. The molecule has 0 aliphatic rings. The van der Waals surface area contributed by atoms with E-state index in [1.165, 1.54) is 12.1 Å². The second kappa shape index (κ2) is 7.75. The summed E-state index contributed by atoms with van der Waals surface area (Å²) in [4.78, 5) is 10.5. The van der Waals surface area contributed by atoms with Gasteiger partial charge in [0, 0.05) is 16.1 Å². The number of hydrazone groups is 1. The SMILES string of the molecule is O=CN/N=C(\c1ccc(Cl)cc1)c1ccc(OS(=O)(=O)C(F)(F)F)cc1. The Labute approximate surface area is 151 Å². The zero-order valence-corrected chi connectivity index (χ0v) is 14.3. The molecule has 2 aromatic rings. The highest BCUT2D eigenvalue weighted by molar-refractivity contribution is 7.88. The van der Waals surface area contributed by atoms with Gasteiger partial charge in [-0.1, -0.05) is 23.7 Å². The molecule has 0 fully saturated rings. The number of nitrogens with zero attached hydrogens (tertiary/aromatic N) is 1. The normalized spacial score (nSPS) is 12.5. The second-order valence-electron chi connectivity index (χ2n) is 4.72. The number of rotatable bonds is 6. The number of carbonyl (C=O) groups is 1. The third-order valence-electron chi connectivity index (χ3n) is 2.96. The second-order valence-corrected chi connectivity index (χ2v) is 6.70. The van der Waals surface area contributed by atoms with E-state index in [-0.39, 0.29) is 5.71 Å². The monoisotopic (exact) mass is 406 g/mol. The lowest BCUT2D eigenvalue weighted by molar-refractivity contribution is -0.109. The minimum atomic E-state index is -5.76. The van der Waals surface area contributed by atoms with Gasteiger partial charge >= 0.3 is 15.6 Å². The van der Waals surface area contributed by atoms with Crippen molar-refractivity contribution < 1.29 is 30.6 Å². The molecule has 0 aliphatic heterocycles. The van der Waals surface area contributed by atoms with Crippen molar-refractivity contribution in [3.63, 3.8) is 0 Å². The third-order valence-corrected chi connectivity index (χ3v) is 4.19. The standard InChI is InChI=1S/C15H10ClF3N2O4S/c16-12-5-1-10(2-6-12)14(21-20-9-22)11-3-7-13(8-4-11)25-26(23,24)15(17,18)19/h1-9H,(H,20,22)/b21-14+. The van der Waals surface area contributed by atoms with E-state index in [0.717, 1.165) is 12.1 Å². The van der Waals surface area contributed by atoms with Crippen LogP contribution < -0.4 is 9.61 Å². The van der Waals surface area contributed by atoms with Gasteiger partial charge < -0.3 is 4.18 Å². The van der Waals surface area contributed by atoms with Crippen LogP contribution in [0.1, 0.15) is 11.1 Å². The first-order valence-electron chi connectivity index (χ1n) is 6.78. The van der Waals surface area contributed by atoms with Crippen LogP contribution in [0, 0.1) is 0 Å². The van der Waals surface area contributed by atoms with Crippen molar-refractivity contribution in [2.45, 2.75) is 5.51 Å². The number of hydrogen-bond donors (Lipinski definition) is 1. The van der Waals surface area contributed by atoms with Crippen molar-refractivity contribution in [2.75, 3.05) is 0 Å². The summed E-state index contributed by atoms with van der Waals surface area (Å²) in [5.74, 6) is -0.523. The molecule has 138 valence electrons. The summed E-state index contributed by atoms with van der Waals surface area (Å²) in [5.41, 5.74) is -2.18. The van der Waals surface area contributed by atoms with Crippen LogP contribution in [0.4, 0.5) is 13.2 Å². The fourth-order valence-electron chi connectivity index (χ4n) is 1.84. The van der Waals surface area contributed by atoms with E-state index in [9.17, 15) is 26.4 Å². The summed E-state index contributed by atoms with van der Waals surface area (Å²) in [6.07, 6.45) is 0.337. The fourth-order valence-corrected chi connectivity index (χ4v) is 2.42. The molecule has 26 heavy (non-hydrogen) atoms. The molecular weight excluding hydrogens is 397 g/mol. The molecule has 0 unspecified atom stereocenters. The lowest BCUT2D eigenvalue weighted by atomic mass is 10.0. The maximum Gasteiger partial charge on any atom is 0.534 e. The molecule has 0 aliphatic carbocycles. The van der Waals surface area contributed by atoms with Crippen LogP contribution in [0.25, 0.3) is 0 Å². The van der Waals surface area contributed by atoms with Crippen LogP contribution in [0.15, 0.2) is 53.6 Å². The summed E-state index contributed by atoms with van der Waals surface area (Å²) < 4.78 is 63.0. The lowest BCUT2D eigenvalue weighted by Crippen LogP contribution is -2.28. The first kappa shape index (κ1) is 19.7. The highest BCUT2D eigenvalue weighted by Gasteiger charge is 2.48. The molecule has 1 amide bonds. The van der Waals surface area contributed by atoms with Gasteiger partial charge in [-0.05, 0) is 36.4 Å². The summed E-state index contributed by atoms with van der Waals surface area (Å²) in [7, 11) is -5.76. The Morgan fingerprint density at radius 2 is 1.54 bits per heavy atom. The molecule has 2 rings (SSSR count).